The second-order valence-corrected chi connectivity index (χ2v) is 8.48. The van der Waals surface area contributed by atoms with Crippen LogP contribution in [0.3, 0.4) is 0 Å². The molecular formula is C21H24N2O5S. The number of esters is 2. The second-order valence-electron chi connectivity index (χ2n) is 7.38. The van der Waals surface area contributed by atoms with Gasteiger partial charge in [0.1, 0.15) is 5.00 Å². The molecule has 2 heterocycles. The molecule has 0 fully saturated rings. The summed E-state index contributed by atoms with van der Waals surface area (Å²) in [5.41, 5.74) is 1.65. The number of nitrogens with zero attached hydrogens (tertiary/aromatic N) is 1. The third-order valence-corrected chi connectivity index (χ3v) is 5.71. The van der Waals surface area contributed by atoms with Crippen LogP contribution in [0.15, 0.2) is 24.5 Å². The van der Waals surface area contributed by atoms with Crippen LogP contribution >= 0.6 is 11.3 Å². The van der Waals surface area contributed by atoms with Gasteiger partial charge in [0, 0.05) is 17.3 Å². The zero-order chi connectivity index (χ0) is 21.0. The van der Waals surface area contributed by atoms with Crippen LogP contribution in [0.2, 0.25) is 0 Å². The quantitative estimate of drug-likeness (QED) is 0.723. The highest BCUT2D eigenvalue weighted by atomic mass is 32.1. The molecule has 0 saturated carbocycles. The fourth-order valence-electron chi connectivity index (χ4n) is 3.19. The lowest BCUT2D eigenvalue weighted by Gasteiger charge is -2.18. The van der Waals surface area contributed by atoms with Crippen molar-refractivity contribution in [2.75, 3.05) is 11.9 Å². The van der Waals surface area contributed by atoms with Gasteiger partial charge in [-0.3, -0.25) is 9.78 Å². The Kier molecular flexibility index (Phi) is 6.64. The number of carbonyl (C=O) groups excluding carboxylic acids is 3. The summed E-state index contributed by atoms with van der Waals surface area (Å²) in [5.74, 6) is -1.05. The van der Waals surface area contributed by atoms with Crippen LogP contribution in [0.4, 0.5) is 5.00 Å². The molecule has 7 nitrogen and oxygen atoms in total. The molecule has 0 unspecified atom stereocenters. The monoisotopic (exact) mass is 416 g/mol. The number of ether oxygens (including phenoxy) is 2. The van der Waals surface area contributed by atoms with Gasteiger partial charge < -0.3 is 14.8 Å². The average Bonchev–Trinajstić information content (AvgIpc) is 3.03. The zero-order valence-electron chi connectivity index (χ0n) is 16.7. The number of hydrogen-bond donors (Lipinski definition) is 1. The van der Waals surface area contributed by atoms with Crippen LogP contribution in [0.1, 0.15) is 58.3 Å². The van der Waals surface area contributed by atoms with Crippen LogP contribution in [-0.2, 0) is 27.1 Å². The van der Waals surface area contributed by atoms with Gasteiger partial charge in [-0.15, -0.1) is 11.3 Å². The van der Waals surface area contributed by atoms with E-state index in [2.05, 4.69) is 17.2 Å². The zero-order valence-corrected chi connectivity index (χ0v) is 17.5. The van der Waals surface area contributed by atoms with E-state index in [1.54, 1.807) is 32.2 Å². The molecule has 0 aliphatic heterocycles. The van der Waals surface area contributed by atoms with E-state index < -0.39 is 24.5 Å². The molecule has 0 bridgehead atoms. The van der Waals surface area contributed by atoms with Crippen LogP contribution in [0.5, 0.6) is 0 Å². The molecule has 2 aromatic rings. The molecule has 154 valence electrons. The molecular weight excluding hydrogens is 392 g/mol. The van der Waals surface area contributed by atoms with Gasteiger partial charge in [0.15, 0.2) is 6.61 Å². The van der Waals surface area contributed by atoms with Gasteiger partial charge in [0.25, 0.3) is 5.91 Å². The van der Waals surface area contributed by atoms with E-state index in [0.29, 0.717) is 16.5 Å². The Labute approximate surface area is 173 Å². The standard InChI is InChI=1S/C21H24N2O5S/c1-12(2)28-21(26)18-15-7-6-13(3)9-16(15)29-19(18)23-17(24)11-27-20(25)14-5-4-8-22-10-14/h4-5,8,10,12-13H,6-7,9,11H2,1-3H3,(H,23,24)/t13-/m0/s1. The summed E-state index contributed by atoms with van der Waals surface area (Å²) in [6.07, 6.45) is 5.29. The van der Waals surface area contributed by atoms with Gasteiger partial charge in [0.05, 0.1) is 17.2 Å². The molecule has 0 saturated heterocycles. The number of aromatic nitrogens is 1. The minimum Gasteiger partial charge on any atom is -0.459 e. The third kappa shape index (κ3) is 5.20. The maximum absolute atomic E-state index is 12.7. The van der Waals surface area contributed by atoms with E-state index >= 15 is 0 Å². The Bertz CT molecular complexity index is 907. The number of thiophene rings is 1. The SMILES string of the molecule is CC(C)OC(=O)c1c(NC(=O)COC(=O)c2cccnc2)sc2c1CC[C@H](C)C2. The number of carbonyl (C=O) groups is 3. The van der Waals surface area contributed by atoms with Gasteiger partial charge in [-0.1, -0.05) is 6.92 Å². The number of pyridine rings is 1. The summed E-state index contributed by atoms with van der Waals surface area (Å²) in [6.45, 7) is 5.29. The fraction of sp³-hybridized carbons (Fsp3) is 0.429. The molecule has 2 aromatic heterocycles. The van der Waals surface area contributed by atoms with Crippen molar-refractivity contribution in [3.63, 3.8) is 0 Å². The van der Waals surface area contributed by atoms with Crippen molar-refractivity contribution >= 4 is 34.2 Å². The van der Waals surface area contributed by atoms with Crippen LogP contribution < -0.4 is 5.32 Å². The highest BCUT2D eigenvalue weighted by Gasteiger charge is 2.29. The van der Waals surface area contributed by atoms with Crippen LogP contribution in [0.25, 0.3) is 0 Å². The maximum Gasteiger partial charge on any atom is 0.341 e. The first-order valence-corrected chi connectivity index (χ1v) is 10.4. The second kappa shape index (κ2) is 9.17. The Balaban J connectivity index is 1.73. The lowest BCUT2D eigenvalue weighted by atomic mass is 9.88. The van der Waals surface area contributed by atoms with Crippen molar-refractivity contribution in [2.24, 2.45) is 5.92 Å². The summed E-state index contributed by atoms with van der Waals surface area (Å²) in [6, 6.07) is 3.17. The highest BCUT2D eigenvalue weighted by molar-refractivity contribution is 7.17. The molecule has 8 heteroatoms. The molecule has 1 amide bonds. The first kappa shape index (κ1) is 21.0. The van der Waals surface area contributed by atoms with E-state index in [9.17, 15) is 14.4 Å². The van der Waals surface area contributed by atoms with E-state index in [4.69, 9.17) is 9.47 Å². The van der Waals surface area contributed by atoms with Gasteiger partial charge in [-0.25, -0.2) is 9.59 Å². The molecule has 1 aliphatic carbocycles. The number of anilines is 1. The van der Waals surface area contributed by atoms with Crippen LogP contribution in [-0.4, -0.2) is 35.5 Å². The van der Waals surface area contributed by atoms with Gasteiger partial charge in [-0.2, -0.15) is 0 Å². The van der Waals surface area contributed by atoms with E-state index in [0.717, 1.165) is 29.7 Å². The normalized spacial score (nSPS) is 15.5. The van der Waals surface area contributed by atoms with E-state index in [-0.39, 0.29) is 11.7 Å². The first-order valence-electron chi connectivity index (χ1n) is 9.57. The Morgan fingerprint density at radius 1 is 1.31 bits per heavy atom. The maximum atomic E-state index is 12.7. The fourth-order valence-corrected chi connectivity index (χ4v) is 4.60. The van der Waals surface area contributed by atoms with Gasteiger partial charge in [-0.05, 0) is 56.7 Å². The summed E-state index contributed by atoms with van der Waals surface area (Å²) in [4.78, 5) is 42.0. The molecule has 29 heavy (non-hydrogen) atoms. The molecule has 0 spiro atoms. The molecule has 3 rings (SSSR count). The van der Waals surface area contributed by atoms with Crippen molar-refractivity contribution in [1.29, 1.82) is 0 Å². The lowest BCUT2D eigenvalue weighted by molar-refractivity contribution is -0.119. The summed E-state index contributed by atoms with van der Waals surface area (Å²) >= 11 is 1.40. The van der Waals surface area contributed by atoms with Crippen molar-refractivity contribution in [3.05, 3.63) is 46.1 Å². The number of fused-ring (bicyclic) bond motifs is 1. The van der Waals surface area contributed by atoms with Crippen molar-refractivity contribution < 1.29 is 23.9 Å². The Hall–Kier alpha value is -2.74. The van der Waals surface area contributed by atoms with Gasteiger partial charge >= 0.3 is 11.9 Å². The molecule has 1 atom stereocenters. The van der Waals surface area contributed by atoms with Crippen molar-refractivity contribution in [2.45, 2.75) is 46.1 Å². The lowest BCUT2D eigenvalue weighted by Crippen LogP contribution is -2.22. The van der Waals surface area contributed by atoms with Crippen molar-refractivity contribution in [3.8, 4) is 0 Å². The number of amides is 1. The summed E-state index contributed by atoms with van der Waals surface area (Å²) < 4.78 is 10.4. The average molecular weight is 416 g/mol. The minimum atomic E-state index is -0.632. The largest absolute Gasteiger partial charge is 0.459 e. The van der Waals surface area contributed by atoms with E-state index in [1.807, 2.05) is 0 Å². The molecule has 0 radical (unpaired) electrons. The molecule has 0 aromatic carbocycles. The highest BCUT2D eigenvalue weighted by Crippen LogP contribution is 2.40. The third-order valence-electron chi connectivity index (χ3n) is 4.54. The van der Waals surface area contributed by atoms with E-state index in [1.165, 1.54) is 17.5 Å². The number of nitrogens with one attached hydrogen (secondary N) is 1. The number of rotatable bonds is 6. The Morgan fingerprint density at radius 3 is 2.79 bits per heavy atom. The van der Waals surface area contributed by atoms with Crippen molar-refractivity contribution in [1.82, 2.24) is 4.98 Å². The smallest absolute Gasteiger partial charge is 0.341 e. The molecule has 1 N–H and O–H groups in total. The predicted octanol–water partition coefficient (Wildman–Crippen LogP) is 3.63. The Morgan fingerprint density at radius 2 is 2.10 bits per heavy atom. The summed E-state index contributed by atoms with van der Waals surface area (Å²) in [7, 11) is 0. The topological polar surface area (TPSA) is 94.6 Å². The summed E-state index contributed by atoms with van der Waals surface area (Å²) in [5, 5.41) is 3.19. The predicted molar refractivity (Wildman–Crippen MR) is 109 cm³/mol. The van der Waals surface area contributed by atoms with Crippen LogP contribution in [0, 0.1) is 5.92 Å². The first-order chi connectivity index (χ1) is 13.8. The minimum absolute atomic E-state index is 0.260. The number of hydrogen-bond acceptors (Lipinski definition) is 7. The van der Waals surface area contributed by atoms with Gasteiger partial charge in [0.2, 0.25) is 0 Å². The molecule has 1 aliphatic rings.